The van der Waals surface area contributed by atoms with Gasteiger partial charge >= 0.3 is 0 Å². The van der Waals surface area contributed by atoms with Crippen LogP contribution in [0.4, 0.5) is 0 Å². The highest BCUT2D eigenvalue weighted by molar-refractivity contribution is 5.27. The first-order valence-electron chi connectivity index (χ1n) is 6.28. The maximum absolute atomic E-state index is 9.46. The second kappa shape index (κ2) is 5.07. The molecule has 1 aliphatic heterocycles. The zero-order valence-electron chi connectivity index (χ0n) is 10.9. The number of nitrogens with zero attached hydrogens (tertiary/aromatic N) is 2. The Kier molecular flexibility index (Phi) is 3.69. The number of hydrogen-bond donors (Lipinski definition) is 1. The van der Waals surface area contributed by atoms with Crippen molar-refractivity contribution in [3.8, 4) is 5.75 Å². The molecule has 0 aromatic heterocycles. The average molecular weight is 234 g/mol. The zero-order valence-corrected chi connectivity index (χ0v) is 10.9. The first kappa shape index (κ1) is 12.4. The maximum Gasteiger partial charge on any atom is 0.115 e. The van der Waals surface area contributed by atoms with Crippen LogP contribution in [0.5, 0.6) is 5.75 Å². The SMILES string of the molecule is CC1CN(Cc2cccc(O)c2)CC(C)N1C. The number of likely N-dealkylation sites (N-methyl/N-ethyl adjacent to an activating group) is 1. The molecule has 94 valence electrons. The third kappa shape index (κ3) is 2.99. The van der Waals surface area contributed by atoms with Gasteiger partial charge in [-0.05, 0) is 38.6 Å². The molecule has 2 atom stereocenters. The lowest BCUT2D eigenvalue weighted by atomic mass is 10.1. The second-order valence-electron chi connectivity index (χ2n) is 5.23. The first-order valence-corrected chi connectivity index (χ1v) is 6.28. The topological polar surface area (TPSA) is 26.7 Å². The largest absolute Gasteiger partial charge is 0.508 e. The summed E-state index contributed by atoms with van der Waals surface area (Å²) in [4.78, 5) is 4.89. The number of phenols is 1. The van der Waals surface area contributed by atoms with E-state index in [2.05, 4.69) is 36.8 Å². The molecule has 1 aromatic rings. The molecule has 1 aromatic carbocycles. The Labute approximate surface area is 104 Å². The van der Waals surface area contributed by atoms with Gasteiger partial charge in [-0.25, -0.2) is 0 Å². The molecule has 3 nitrogen and oxygen atoms in total. The van der Waals surface area contributed by atoms with E-state index < -0.39 is 0 Å². The summed E-state index contributed by atoms with van der Waals surface area (Å²) in [5, 5.41) is 9.46. The van der Waals surface area contributed by atoms with Crippen LogP contribution in [0.1, 0.15) is 19.4 Å². The van der Waals surface area contributed by atoms with E-state index in [9.17, 15) is 5.11 Å². The van der Waals surface area contributed by atoms with E-state index >= 15 is 0 Å². The van der Waals surface area contributed by atoms with Gasteiger partial charge in [0.2, 0.25) is 0 Å². The fourth-order valence-electron chi connectivity index (χ4n) is 2.56. The summed E-state index contributed by atoms with van der Waals surface area (Å²) in [5.74, 6) is 0.359. The Bertz CT molecular complexity index is 368. The lowest BCUT2D eigenvalue weighted by Gasteiger charge is -2.42. The smallest absolute Gasteiger partial charge is 0.115 e. The van der Waals surface area contributed by atoms with Gasteiger partial charge < -0.3 is 5.11 Å². The predicted octanol–water partition coefficient (Wildman–Crippen LogP) is 1.92. The normalized spacial score (nSPS) is 27.2. The lowest BCUT2D eigenvalue weighted by Crippen LogP contribution is -2.54. The fourth-order valence-corrected chi connectivity index (χ4v) is 2.56. The molecule has 0 radical (unpaired) electrons. The summed E-state index contributed by atoms with van der Waals surface area (Å²) in [7, 11) is 2.20. The van der Waals surface area contributed by atoms with E-state index in [1.807, 2.05) is 12.1 Å². The summed E-state index contributed by atoms with van der Waals surface area (Å²) >= 11 is 0. The van der Waals surface area contributed by atoms with Crippen LogP contribution in [0.3, 0.4) is 0 Å². The number of aromatic hydroxyl groups is 1. The minimum Gasteiger partial charge on any atom is -0.508 e. The molecular formula is C14H22N2O. The number of rotatable bonds is 2. The van der Waals surface area contributed by atoms with E-state index in [0.29, 0.717) is 17.8 Å². The van der Waals surface area contributed by atoms with E-state index in [1.54, 1.807) is 6.07 Å². The molecule has 0 bridgehead atoms. The van der Waals surface area contributed by atoms with Crippen molar-refractivity contribution in [2.75, 3.05) is 20.1 Å². The van der Waals surface area contributed by atoms with Crippen molar-refractivity contribution >= 4 is 0 Å². The number of piperazine rings is 1. The highest BCUT2D eigenvalue weighted by Gasteiger charge is 2.26. The second-order valence-corrected chi connectivity index (χ2v) is 5.23. The van der Waals surface area contributed by atoms with Crippen molar-refractivity contribution in [2.24, 2.45) is 0 Å². The van der Waals surface area contributed by atoms with Gasteiger partial charge in [0, 0.05) is 31.7 Å². The molecular weight excluding hydrogens is 212 g/mol. The molecule has 1 heterocycles. The number of hydrogen-bond acceptors (Lipinski definition) is 3. The minimum absolute atomic E-state index is 0.359. The summed E-state index contributed by atoms with van der Waals surface area (Å²) in [5.41, 5.74) is 1.19. The zero-order chi connectivity index (χ0) is 12.4. The van der Waals surface area contributed by atoms with E-state index in [0.717, 1.165) is 19.6 Å². The van der Waals surface area contributed by atoms with Gasteiger partial charge in [-0.1, -0.05) is 12.1 Å². The van der Waals surface area contributed by atoms with Crippen LogP contribution in [0.15, 0.2) is 24.3 Å². The Morgan fingerprint density at radius 1 is 1.24 bits per heavy atom. The number of benzene rings is 1. The molecule has 17 heavy (non-hydrogen) atoms. The van der Waals surface area contributed by atoms with Gasteiger partial charge in [0.1, 0.15) is 5.75 Å². The molecule has 0 amide bonds. The van der Waals surface area contributed by atoms with Crippen molar-refractivity contribution in [1.82, 2.24) is 9.80 Å². The summed E-state index contributed by atoms with van der Waals surface area (Å²) in [6, 6.07) is 8.75. The molecule has 1 aliphatic rings. The third-order valence-corrected chi connectivity index (χ3v) is 3.75. The molecule has 1 fully saturated rings. The van der Waals surface area contributed by atoms with Crippen molar-refractivity contribution in [2.45, 2.75) is 32.5 Å². The quantitative estimate of drug-likeness (QED) is 0.847. The van der Waals surface area contributed by atoms with Crippen molar-refractivity contribution in [1.29, 1.82) is 0 Å². The lowest BCUT2D eigenvalue weighted by molar-refractivity contribution is 0.0556. The monoisotopic (exact) mass is 234 g/mol. The van der Waals surface area contributed by atoms with Gasteiger partial charge in [-0.2, -0.15) is 0 Å². The minimum atomic E-state index is 0.359. The maximum atomic E-state index is 9.46. The molecule has 1 saturated heterocycles. The summed E-state index contributed by atoms with van der Waals surface area (Å²) < 4.78 is 0. The van der Waals surface area contributed by atoms with E-state index in [-0.39, 0.29) is 0 Å². The van der Waals surface area contributed by atoms with Crippen molar-refractivity contribution in [3.63, 3.8) is 0 Å². The van der Waals surface area contributed by atoms with Gasteiger partial charge in [0.05, 0.1) is 0 Å². The van der Waals surface area contributed by atoms with Crippen LogP contribution in [-0.4, -0.2) is 47.1 Å². The molecule has 2 rings (SSSR count). The van der Waals surface area contributed by atoms with Crippen LogP contribution < -0.4 is 0 Å². The molecule has 1 N–H and O–H groups in total. The van der Waals surface area contributed by atoms with Crippen LogP contribution in [-0.2, 0) is 6.54 Å². The highest BCUT2D eigenvalue weighted by Crippen LogP contribution is 2.18. The van der Waals surface area contributed by atoms with Gasteiger partial charge in [0.25, 0.3) is 0 Å². The molecule has 2 unspecified atom stereocenters. The summed E-state index contributed by atoms with van der Waals surface area (Å²) in [6.07, 6.45) is 0. The molecule has 0 aliphatic carbocycles. The first-order chi connectivity index (χ1) is 8.06. The van der Waals surface area contributed by atoms with Crippen LogP contribution in [0.25, 0.3) is 0 Å². The summed E-state index contributed by atoms with van der Waals surface area (Å²) in [6.45, 7) is 7.65. The fraction of sp³-hybridized carbons (Fsp3) is 0.571. The predicted molar refractivity (Wildman–Crippen MR) is 70.1 cm³/mol. The Hall–Kier alpha value is -1.06. The third-order valence-electron chi connectivity index (χ3n) is 3.75. The van der Waals surface area contributed by atoms with Crippen molar-refractivity contribution < 1.29 is 5.11 Å². The van der Waals surface area contributed by atoms with Crippen LogP contribution in [0.2, 0.25) is 0 Å². The number of phenolic OH excluding ortho intramolecular Hbond substituents is 1. The van der Waals surface area contributed by atoms with Gasteiger partial charge in [-0.15, -0.1) is 0 Å². The molecule has 3 heteroatoms. The Balaban J connectivity index is 2.00. The van der Waals surface area contributed by atoms with Crippen LogP contribution >= 0.6 is 0 Å². The Morgan fingerprint density at radius 3 is 2.47 bits per heavy atom. The highest BCUT2D eigenvalue weighted by atomic mass is 16.3. The van der Waals surface area contributed by atoms with Crippen molar-refractivity contribution in [3.05, 3.63) is 29.8 Å². The van der Waals surface area contributed by atoms with Crippen LogP contribution in [0, 0.1) is 0 Å². The molecule has 0 spiro atoms. The van der Waals surface area contributed by atoms with E-state index in [1.165, 1.54) is 5.56 Å². The van der Waals surface area contributed by atoms with E-state index in [4.69, 9.17) is 0 Å². The Morgan fingerprint density at radius 2 is 1.88 bits per heavy atom. The van der Waals surface area contributed by atoms with Gasteiger partial charge in [-0.3, -0.25) is 9.80 Å². The standard InChI is InChI=1S/C14H22N2O/c1-11-8-16(9-12(2)15(11)3)10-13-5-4-6-14(17)7-13/h4-7,11-12,17H,8-10H2,1-3H3. The molecule has 0 saturated carbocycles. The average Bonchev–Trinajstić information content (AvgIpc) is 2.26. The van der Waals surface area contributed by atoms with Gasteiger partial charge in [0.15, 0.2) is 0 Å².